The van der Waals surface area contributed by atoms with E-state index in [-0.39, 0.29) is 11.5 Å². The summed E-state index contributed by atoms with van der Waals surface area (Å²) >= 11 is 0. The molecule has 6 aromatic carbocycles. The molecule has 0 spiro atoms. The third-order valence-corrected chi connectivity index (χ3v) is 12.1. The molecule has 4 aliphatic rings. The smallest absolute Gasteiger partial charge is 0.146 e. The van der Waals surface area contributed by atoms with Gasteiger partial charge in [-0.1, -0.05) is 134 Å². The molecular formula is C46H30N2O. The molecule has 0 N–H and O–H groups in total. The van der Waals surface area contributed by atoms with Gasteiger partial charge in [-0.2, -0.15) is 0 Å². The van der Waals surface area contributed by atoms with Gasteiger partial charge < -0.3 is 9.32 Å². The fourth-order valence-electron chi connectivity index (χ4n) is 10.2. The molecular weight excluding hydrogens is 597 g/mol. The number of furan rings is 1. The maximum atomic E-state index is 6.76. The van der Waals surface area contributed by atoms with Gasteiger partial charge in [-0.15, -0.1) is 0 Å². The van der Waals surface area contributed by atoms with Gasteiger partial charge in [0.25, 0.3) is 0 Å². The first-order chi connectivity index (χ1) is 24.2. The summed E-state index contributed by atoms with van der Waals surface area (Å²) in [5, 5.41) is 8.00. The lowest BCUT2D eigenvalue weighted by Crippen LogP contribution is -2.48. The molecule has 0 bridgehead atoms. The highest BCUT2D eigenvalue weighted by Crippen LogP contribution is 2.65. The van der Waals surface area contributed by atoms with Crippen LogP contribution in [0.1, 0.15) is 24.0 Å². The number of benzene rings is 6. The Morgan fingerprint density at radius 2 is 1.35 bits per heavy atom. The Balaban J connectivity index is 1.24. The Labute approximate surface area is 283 Å². The van der Waals surface area contributed by atoms with Crippen LogP contribution < -0.4 is 4.90 Å². The molecule has 4 unspecified atom stereocenters. The molecule has 49 heavy (non-hydrogen) atoms. The average Bonchev–Trinajstić information content (AvgIpc) is 3.63. The second-order valence-electron chi connectivity index (χ2n) is 14.3. The van der Waals surface area contributed by atoms with E-state index in [1.807, 2.05) is 0 Å². The van der Waals surface area contributed by atoms with Crippen LogP contribution in [-0.2, 0) is 0 Å². The fourth-order valence-corrected chi connectivity index (χ4v) is 10.2. The summed E-state index contributed by atoms with van der Waals surface area (Å²) < 4.78 is 6.76. The number of anilines is 2. The van der Waals surface area contributed by atoms with Crippen LogP contribution in [0.2, 0.25) is 0 Å². The van der Waals surface area contributed by atoms with Crippen molar-refractivity contribution in [1.29, 1.82) is 0 Å². The van der Waals surface area contributed by atoms with Gasteiger partial charge in [0, 0.05) is 45.0 Å². The highest BCUT2D eigenvalue weighted by atomic mass is 16.3. The van der Waals surface area contributed by atoms with E-state index >= 15 is 0 Å². The number of rotatable bonds is 1. The van der Waals surface area contributed by atoms with E-state index in [2.05, 4.69) is 157 Å². The van der Waals surface area contributed by atoms with E-state index in [1.54, 1.807) is 0 Å². The zero-order valence-electron chi connectivity index (χ0n) is 26.9. The quantitative estimate of drug-likeness (QED) is 0.134. The summed E-state index contributed by atoms with van der Waals surface area (Å²) in [6.07, 6.45) is 12.0. The Hall–Kier alpha value is -5.93. The molecule has 4 atom stereocenters. The van der Waals surface area contributed by atoms with Crippen molar-refractivity contribution in [3.05, 3.63) is 157 Å². The first-order valence-electron chi connectivity index (χ1n) is 17.4. The highest BCUT2D eigenvalue weighted by molar-refractivity contribution is 6.34. The van der Waals surface area contributed by atoms with Crippen LogP contribution in [0.25, 0.3) is 71.1 Å². The van der Waals surface area contributed by atoms with E-state index in [0.29, 0.717) is 11.8 Å². The minimum absolute atomic E-state index is 0.253. The molecule has 2 aromatic heterocycles. The molecule has 0 amide bonds. The van der Waals surface area contributed by atoms with Gasteiger partial charge in [0.1, 0.15) is 17.0 Å². The molecule has 8 aromatic rings. The lowest BCUT2D eigenvalue weighted by molar-refractivity contribution is 0.344. The van der Waals surface area contributed by atoms with Crippen molar-refractivity contribution in [1.82, 2.24) is 4.98 Å². The van der Waals surface area contributed by atoms with Gasteiger partial charge in [-0.25, -0.2) is 4.98 Å². The monoisotopic (exact) mass is 626 g/mol. The third kappa shape index (κ3) is 3.08. The lowest BCUT2D eigenvalue weighted by Gasteiger charge is -2.47. The third-order valence-electron chi connectivity index (χ3n) is 12.1. The molecule has 0 saturated heterocycles. The van der Waals surface area contributed by atoms with E-state index in [9.17, 15) is 0 Å². The molecule has 3 nitrogen and oxygen atoms in total. The fraction of sp³-hybridized carbons (Fsp3) is 0.109. The summed E-state index contributed by atoms with van der Waals surface area (Å²) in [5.74, 6) is 1.93. The van der Waals surface area contributed by atoms with Crippen LogP contribution in [0.4, 0.5) is 11.5 Å². The van der Waals surface area contributed by atoms with Crippen molar-refractivity contribution in [3.8, 4) is 11.1 Å². The molecule has 0 radical (unpaired) electrons. The zero-order valence-corrected chi connectivity index (χ0v) is 26.9. The van der Waals surface area contributed by atoms with Gasteiger partial charge in [-0.05, 0) is 57.7 Å². The Kier molecular flexibility index (Phi) is 4.76. The summed E-state index contributed by atoms with van der Waals surface area (Å²) in [7, 11) is 0. The van der Waals surface area contributed by atoms with E-state index in [4.69, 9.17) is 9.40 Å². The predicted octanol–water partition coefficient (Wildman–Crippen LogP) is 11.9. The van der Waals surface area contributed by atoms with Crippen molar-refractivity contribution < 1.29 is 4.42 Å². The zero-order chi connectivity index (χ0) is 32.0. The standard InChI is InChI=1S/C46H30N2O/c1-46-25-24-26-12-10-20-29-27-13-2-3-14-28(27)30-21-11-22-36(40(30)42(46)38(26)29)48(46)45-34-18-7-5-16-32(34)41-43(47-45)33-17-6-4-15-31(33)39-35-19-8-9-23-37(35)49-44(39)41/h2-26,38,42H,1H3. The summed E-state index contributed by atoms with van der Waals surface area (Å²) in [4.78, 5) is 8.38. The number of hydrogen-bond acceptors (Lipinski definition) is 3. The number of nitrogens with zero attached hydrogens (tertiary/aromatic N) is 2. The van der Waals surface area contributed by atoms with Crippen LogP contribution in [-0.4, -0.2) is 10.5 Å². The molecule has 0 fully saturated rings. The number of para-hydroxylation sites is 1. The van der Waals surface area contributed by atoms with E-state index in [1.165, 1.54) is 44.3 Å². The van der Waals surface area contributed by atoms with Gasteiger partial charge in [0.05, 0.1) is 16.4 Å². The Bertz CT molecular complexity index is 2890. The predicted molar refractivity (Wildman–Crippen MR) is 202 cm³/mol. The van der Waals surface area contributed by atoms with Crippen molar-refractivity contribution in [2.75, 3.05) is 4.90 Å². The van der Waals surface area contributed by atoms with Gasteiger partial charge in [0.15, 0.2) is 0 Å². The van der Waals surface area contributed by atoms with Crippen LogP contribution in [0.15, 0.2) is 150 Å². The average molecular weight is 627 g/mol. The second-order valence-corrected chi connectivity index (χ2v) is 14.3. The molecule has 3 aliphatic carbocycles. The number of allylic oxidation sites excluding steroid dienone is 5. The van der Waals surface area contributed by atoms with Crippen molar-refractivity contribution in [2.45, 2.75) is 18.4 Å². The number of fused-ring (bicyclic) bond motifs is 13. The molecule has 0 saturated carbocycles. The summed E-state index contributed by atoms with van der Waals surface area (Å²) in [5.41, 5.74) is 10.6. The number of hydrogen-bond donors (Lipinski definition) is 0. The molecule has 3 heteroatoms. The maximum absolute atomic E-state index is 6.76. The summed E-state index contributed by atoms with van der Waals surface area (Å²) in [6.45, 7) is 2.45. The van der Waals surface area contributed by atoms with Gasteiger partial charge >= 0.3 is 0 Å². The highest BCUT2D eigenvalue weighted by Gasteiger charge is 2.57. The van der Waals surface area contributed by atoms with E-state index < -0.39 is 0 Å². The molecule has 230 valence electrons. The molecule has 3 heterocycles. The van der Waals surface area contributed by atoms with Crippen LogP contribution in [0.3, 0.4) is 0 Å². The summed E-state index contributed by atoms with van der Waals surface area (Å²) in [6, 6.07) is 41.9. The minimum atomic E-state index is -0.339. The van der Waals surface area contributed by atoms with Gasteiger partial charge in [-0.3, -0.25) is 0 Å². The van der Waals surface area contributed by atoms with Crippen LogP contribution in [0.5, 0.6) is 0 Å². The SMILES string of the molecule is CC12C=CC3C=CC=C4c5ccccc5-c5cccc(c5C1C43)N2c1nc2c3ccccc3c3c4ccccc4oc3c2c2ccccc12. The number of pyridine rings is 1. The normalized spacial score (nSPS) is 23.0. The molecule has 1 aliphatic heterocycles. The topological polar surface area (TPSA) is 29.3 Å². The number of aromatic nitrogens is 1. The molecule has 12 rings (SSSR count). The lowest BCUT2D eigenvalue weighted by atomic mass is 9.62. The minimum Gasteiger partial charge on any atom is -0.455 e. The Morgan fingerprint density at radius 3 is 2.20 bits per heavy atom. The van der Waals surface area contributed by atoms with E-state index in [0.717, 1.165) is 49.4 Å². The van der Waals surface area contributed by atoms with Crippen molar-refractivity contribution >= 4 is 71.5 Å². The maximum Gasteiger partial charge on any atom is 0.146 e. The van der Waals surface area contributed by atoms with Crippen molar-refractivity contribution in [2.24, 2.45) is 11.8 Å². The first kappa shape index (κ1) is 26.1. The van der Waals surface area contributed by atoms with Crippen molar-refractivity contribution in [3.63, 3.8) is 0 Å². The largest absolute Gasteiger partial charge is 0.455 e. The van der Waals surface area contributed by atoms with Crippen LogP contribution in [0, 0.1) is 11.8 Å². The first-order valence-corrected chi connectivity index (χ1v) is 17.4. The second kappa shape index (κ2) is 8.94. The van der Waals surface area contributed by atoms with Gasteiger partial charge in [0.2, 0.25) is 0 Å². The Morgan fingerprint density at radius 1 is 0.653 bits per heavy atom. The van der Waals surface area contributed by atoms with Crippen LogP contribution >= 0.6 is 0 Å².